The summed E-state index contributed by atoms with van der Waals surface area (Å²) >= 11 is 0. The summed E-state index contributed by atoms with van der Waals surface area (Å²) in [5, 5.41) is 0. The zero-order valence-corrected chi connectivity index (χ0v) is 9.42. The van der Waals surface area contributed by atoms with Crippen LogP contribution in [0, 0.1) is 0 Å². The highest BCUT2D eigenvalue weighted by molar-refractivity contribution is 5.66. The van der Waals surface area contributed by atoms with E-state index in [0.29, 0.717) is 0 Å². The van der Waals surface area contributed by atoms with E-state index in [1.165, 1.54) is 16.7 Å². The van der Waals surface area contributed by atoms with E-state index in [1.54, 1.807) is 0 Å². The molecule has 1 aromatic rings. The quantitative estimate of drug-likeness (QED) is 0.623. The minimum absolute atomic E-state index is 0.895. The Kier molecular flexibility index (Phi) is 4.11. The molecule has 0 heteroatoms. The van der Waals surface area contributed by atoms with Crippen molar-refractivity contribution < 1.29 is 0 Å². The van der Waals surface area contributed by atoms with Crippen molar-refractivity contribution in [3.8, 4) is 0 Å². The number of hydrogen-bond donors (Lipinski definition) is 0. The zero-order chi connectivity index (χ0) is 11.3. The van der Waals surface area contributed by atoms with Crippen LogP contribution in [0.5, 0.6) is 0 Å². The van der Waals surface area contributed by atoms with Gasteiger partial charge >= 0.3 is 0 Å². The molecule has 78 valence electrons. The second kappa shape index (κ2) is 5.35. The first kappa shape index (κ1) is 11.5. The maximum absolute atomic E-state index is 4.01. The van der Waals surface area contributed by atoms with Crippen LogP contribution in [-0.2, 0) is 12.8 Å². The van der Waals surface area contributed by atoms with E-state index in [4.69, 9.17) is 0 Å². The highest BCUT2D eigenvalue weighted by Crippen LogP contribution is 2.22. The minimum atomic E-state index is 0.895. The highest BCUT2D eigenvalue weighted by atomic mass is 14.1. The van der Waals surface area contributed by atoms with Crippen LogP contribution < -0.4 is 0 Å². The predicted molar refractivity (Wildman–Crippen MR) is 69.0 cm³/mol. The Morgan fingerprint density at radius 2 is 1.87 bits per heavy atom. The molecule has 0 aromatic heterocycles. The topological polar surface area (TPSA) is 0 Å². The van der Waals surface area contributed by atoms with Gasteiger partial charge in [0.1, 0.15) is 0 Å². The molecule has 0 saturated heterocycles. The third-order valence-corrected chi connectivity index (χ3v) is 2.45. The Bertz CT molecular complexity index is 383. The van der Waals surface area contributed by atoms with E-state index in [2.05, 4.69) is 37.9 Å². The fraction of sp³-hybridized carbons (Fsp3) is 0.200. The molecule has 0 heterocycles. The first-order valence-corrected chi connectivity index (χ1v) is 5.19. The summed E-state index contributed by atoms with van der Waals surface area (Å²) in [6.07, 6.45) is 5.68. The van der Waals surface area contributed by atoms with Crippen LogP contribution in [0.2, 0.25) is 0 Å². The smallest absolute Gasteiger partial charge is 0.00912 e. The van der Waals surface area contributed by atoms with Crippen molar-refractivity contribution in [3.05, 3.63) is 66.8 Å². The molecule has 0 N–H and O–H groups in total. The van der Waals surface area contributed by atoms with Gasteiger partial charge in [0.15, 0.2) is 0 Å². The molecule has 1 aromatic carbocycles. The molecule has 0 unspecified atom stereocenters. The van der Waals surface area contributed by atoms with E-state index >= 15 is 0 Å². The van der Waals surface area contributed by atoms with Crippen molar-refractivity contribution in [2.24, 2.45) is 0 Å². The molecule has 0 nitrogen and oxygen atoms in total. The van der Waals surface area contributed by atoms with Gasteiger partial charge in [-0.2, -0.15) is 0 Å². The molecule has 0 bridgehead atoms. The lowest BCUT2D eigenvalue weighted by Crippen LogP contribution is -1.97. The predicted octanol–water partition coefficient (Wildman–Crippen LogP) is 4.18. The number of allylic oxidation sites excluding steroid dienone is 3. The average molecular weight is 198 g/mol. The molecular formula is C15H18. The second-order valence-corrected chi connectivity index (χ2v) is 3.71. The van der Waals surface area contributed by atoms with E-state index < -0.39 is 0 Å². The van der Waals surface area contributed by atoms with Gasteiger partial charge in [-0.05, 0) is 36.5 Å². The Labute approximate surface area is 92.6 Å². The number of rotatable bonds is 5. The van der Waals surface area contributed by atoms with Crippen LogP contribution in [0.3, 0.4) is 0 Å². The van der Waals surface area contributed by atoms with E-state index in [0.717, 1.165) is 18.4 Å². The van der Waals surface area contributed by atoms with Gasteiger partial charge in [0.05, 0.1) is 0 Å². The lowest BCUT2D eigenvalue weighted by molar-refractivity contribution is 1.14. The van der Waals surface area contributed by atoms with Crippen molar-refractivity contribution >= 4 is 5.57 Å². The van der Waals surface area contributed by atoms with Gasteiger partial charge < -0.3 is 0 Å². The van der Waals surface area contributed by atoms with Gasteiger partial charge in [-0.25, -0.2) is 0 Å². The van der Waals surface area contributed by atoms with Crippen molar-refractivity contribution in [1.29, 1.82) is 0 Å². The second-order valence-electron chi connectivity index (χ2n) is 3.71. The Morgan fingerprint density at radius 1 is 1.20 bits per heavy atom. The minimum Gasteiger partial charge on any atom is -0.103 e. The number of hydrogen-bond acceptors (Lipinski definition) is 0. The number of benzene rings is 1. The van der Waals surface area contributed by atoms with E-state index in [-0.39, 0.29) is 0 Å². The fourth-order valence-electron chi connectivity index (χ4n) is 1.77. The third-order valence-electron chi connectivity index (χ3n) is 2.45. The average Bonchev–Trinajstić information content (AvgIpc) is 2.21. The Morgan fingerprint density at radius 3 is 2.40 bits per heavy atom. The maximum Gasteiger partial charge on any atom is -0.00912 e. The Hall–Kier alpha value is -1.56. The van der Waals surface area contributed by atoms with Crippen LogP contribution in [0.25, 0.3) is 5.57 Å². The van der Waals surface area contributed by atoms with Crippen LogP contribution in [0.4, 0.5) is 0 Å². The van der Waals surface area contributed by atoms with Gasteiger partial charge in [-0.15, -0.1) is 13.2 Å². The molecule has 0 spiro atoms. The molecule has 1 rings (SSSR count). The molecule has 0 atom stereocenters. The zero-order valence-electron chi connectivity index (χ0n) is 9.42. The summed E-state index contributed by atoms with van der Waals surface area (Å²) in [4.78, 5) is 0. The molecule has 0 radical (unpaired) electrons. The van der Waals surface area contributed by atoms with Crippen LogP contribution >= 0.6 is 0 Å². The van der Waals surface area contributed by atoms with Gasteiger partial charge in [0, 0.05) is 0 Å². The lowest BCUT2D eigenvalue weighted by Gasteiger charge is -2.12. The molecular weight excluding hydrogens is 180 g/mol. The summed E-state index contributed by atoms with van der Waals surface area (Å²) in [6, 6.07) is 6.34. The Balaban J connectivity index is 3.26. The van der Waals surface area contributed by atoms with Gasteiger partial charge in [0.2, 0.25) is 0 Å². The molecule has 0 amide bonds. The molecule has 0 fully saturated rings. The van der Waals surface area contributed by atoms with Crippen molar-refractivity contribution in [2.45, 2.75) is 19.8 Å². The van der Waals surface area contributed by atoms with Crippen molar-refractivity contribution in [3.63, 3.8) is 0 Å². The SMILES string of the molecule is C=CCc1cccc(C(=C)C)c1CC=C. The summed E-state index contributed by atoms with van der Waals surface area (Å²) in [7, 11) is 0. The fourth-order valence-corrected chi connectivity index (χ4v) is 1.77. The van der Waals surface area contributed by atoms with Crippen molar-refractivity contribution in [1.82, 2.24) is 0 Å². The van der Waals surface area contributed by atoms with Gasteiger partial charge in [0.25, 0.3) is 0 Å². The third kappa shape index (κ3) is 2.69. The molecule has 0 aliphatic rings. The highest BCUT2D eigenvalue weighted by Gasteiger charge is 2.06. The summed E-state index contributed by atoms with van der Waals surface area (Å²) in [6.45, 7) is 13.6. The van der Waals surface area contributed by atoms with E-state index in [9.17, 15) is 0 Å². The van der Waals surface area contributed by atoms with Crippen molar-refractivity contribution in [2.75, 3.05) is 0 Å². The normalized spacial score (nSPS) is 9.67. The summed E-state index contributed by atoms with van der Waals surface area (Å²) in [5.41, 5.74) is 5.01. The van der Waals surface area contributed by atoms with E-state index in [1.807, 2.05) is 19.1 Å². The summed E-state index contributed by atoms with van der Waals surface area (Å²) in [5.74, 6) is 0. The van der Waals surface area contributed by atoms with Gasteiger partial charge in [-0.3, -0.25) is 0 Å². The maximum atomic E-state index is 4.01. The molecule has 0 saturated carbocycles. The van der Waals surface area contributed by atoms with Gasteiger partial charge in [-0.1, -0.05) is 42.5 Å². The first-order valence-electron chi connectivity index (χ1n) is 5.19. The first-order chi connectivity index (χ1) is 7.20. The lowest BCUT2D eigenvalue weighted by atomic mass is 9.93. The van der Waals surface area contributed by atoms with Crippen LogP contribution in [0.1, 0.15) is 23.6 Å². The monoisotopic (exact) mass is 198 g/mol. The molecule has 15 heavy (non-hydrogen) atoms. The summed E-state index contributed by atoms with van der Waals surface area (Å²) < 4.78 is 0. The van der Waals surface area contributed by atoms with Crippen LogP contribution in [0.15, 0.2) is 50.1 Å². The molecule has 0 aliphatic heterocycles. The molecule has 0 aliphatic carbocycles. The van der Waals surface area contributed by atoms with Crippen LogP contribution in [-0.4, -0.2) is 0 Å². The standard InChI is InChI=1S/C15H18/c1-5-8-13-10-7-11-14(12(3)4)15(13)9-6-2/h5-7,10-11H,1-3,8-9H2,4H3. The largest absolute Gasteiger partial charge is 0.103 e.